The first-order chi connectivity index (χ1) is 9.74. The normalized spacial score (nSPS) is 11.2. The number of unbranched alkanes of at least 4 members (excludes halogenated alkanes) is 3. The Hall–Kier alpha value is 0.197. The molecule has 0 spiro atoms. The van der Waals surface area contributed by atoms with Crippen LogP contribution in [0.1, 0.15) is 72.1 Å². The highest BCUT2D eigenvalue weighted by molar-refractivity contribution is 8.13. The molecule has 0 aromatic rings. The van der Waals surface area contributed by atoms with Crippen LogP contribution in [-0.2, 0) is 9.22 Å². The van der Waals surface area contributed by atoms with Crippen LogP contribution in [-0.4, -0.2) is 26.5 Å². The molecule has 20 heavy (non-hydrogen) atoms. The molecule has 0 rings (SSSR count). The number of hydrogen-bond acceptors (Lipinski definition) is 3. The third kappa shape index (κ3) is 13.2. The van der Waals surface area contributed by atoms with Gasteiger partial charge in [-0.15, -0.1) is 0 Å². The van der Waals surface area contributed by atoms with E-state index >= 15 is 0 Å². The van der Waals surface area contributed by atoms with Crippen molar-refractivity contribution in [3.63, 3.8) is 0 Å². The Kier molecular flexibility index (Phi) is 15.7. The molecule has 0 aliphatic heterocycles. The number of thioether (sulfide) groups is 1. The van der Waals surface area contributed by atoms with E-state index in [0.29, 0.717) is 5.12 Å². The third-order valence-corrected chi connectivity index (χ3v) is 6.90. The summed E-state index contributed by atoms with van der Waals surface area (Å²) in [6.45, 7) is 7.55. The van der Waals surface area contributed by atoms with Gasteiger partial charge in [-0.1, -0.05) is 58.2 Å². The summed E-state index contributed by atoms with van der Waals surface area (Å²) in [5.74, 6) is 0.970. The van der Waals surface area contributed by atoms with Crippen LogP contribution in [0.2, 0.25) is 12.1 Å². The lowest BCUT2D eigenvalue weighted by Crippen LogP contribution is -2.18. The summed E-state index contributed by atoms with van der Waals surface area (Å²) in [5, 5.41) is 0.376. The first-order valence-electron chi connectivity index (χ1n) is 8.37. The van der Waals surface area contributed by atoms with Gasteiger partial charge in [0.05, 0.1) is 0 Å². The van der Waals surface area contributed by atoms with Gasteiger partial charge < -0.3 is 4.43 Å². The zero-order chi connectivity index (χ0) is 15.1. The number of carbonyl (C=O) groups excluding carboxylic acids is 1. The van der Waals surface area contributed by atoms with Crippen molar-refractivity contribution in [1.29, 1.82) is 0 Å². The predicted octanol–water partition coefficient (Wildman–Crippen LogP) is 5.43. The minimum atomic E-state index is -0.538. The molecule has 0 aliphatic carbocycles. The van der Waals surface area contributed by atoms with Gasteiger partial charge in [-0.3, -0.25) is 4.79 Å². The molecule has 0 atom stereocenters. The molecule has 0 fully saturated rings. The van der Waals surface area contributed by atoms with Crippen LogP contribution in [0.15, 0.2) is 0 Å². The van der Waals surface area contributed by atoms with Crippen LogP contribution in [0.5, 0.6) is 0 Å². The second-order valence-electron chi connectivity index (χ2n) is 5.27. The molecular weight excluding hydrogens is 284 g/mol. The molecular formula is C16H33O2SSi. The fraction of sp³-hybridized carbons (Fsp3) is 0.938. The Morgan fingerprint density at radius 2 is 1.65 bits per heavy atom. The Balaban J connectivity index is 3.40. The Morgan fingerprint density at radius 1 is 0.950 bits per heavy atom. The summed E-state index contributed by atoms with van der Waals surface area (Å²) >= 11 is 1.52. The lowest BCUT2D eigenvalue weighted by atomic mass is 10.2. The fourth-order valence-corrected chi connectivity index (χ4v) is 4.98. The van der Waals surface area contributed by atoms with E-state index in [9.17, 15) is 4.79 Å². The smallest absolute Gasteiger partial charge is 0.211 e. The molecule has 0 saturated heterocycles. The lowest BCUT2D eigenvalue weighted by Gasteiger charge is -2.13. The molecule has 0 bridgehead atoms. The van der Waals surface area contributed by atoms with Crippen molar-refractivity contribution < 1.29 is 9.22 Å². The van der Waals surface area contributed by atoms with Gasteiger partial charge in [0.15, 0.2) is 5.12 Å². The topological polar surface area (TPSA) is 26.3 Å². The van der Waals surface area contributed by atoms with Crippen molar-refractivity contribution in [2.75, 3.05) is 12.4 Å². The van der Waals surface area contributed by atoms with Crippen LogP contribution in [0, 0.1) is 0 Å². The highest BCUT2D eigenvalue weighted by atomic mass is 32.2. The summed E-state index contributed by atoms with van der Waals surface area (Å²) in [5.41, 5.74) is 0. The second kappa shape index (κ2) is 15.6. The van der Waals surface area contributed by atoms with Gasteiger partial charge in [-0.05, 0) is 31.4 Å². The van der Waals surface area contributed by atoms with Crippen molar-refractivity contribution in [2.45, 2.75) is 84.2 Å². The summed E-state index contributed by atoms with van der Waals surface area (Å²) in [4.78, 5) is 11.6. The molecule has 0 unspecified atom stereocenters. The molecule has 0 aromatic heterocycles. The van der Waals surface area contributed by atoms with Gasteiger partial charge in [-0.2, -0.15) is 0 Å². The lowest BCUT2D eigenvalue weighted by molar-refractivity contribution is -0.111. The SMILES string of the molecule is CCCCCC(=O)SCCCCO[Si](CCC)CCC. The zero-order valence-electron chi connectivity index (χ0n) is 13.7. The van der Waals surface area contributed by atoms with E-state index in [1.54, 1.807) is 0 Å². The summed E-state index contributed by atoms with van der Waals surface area (Å²) in [6.07, 6.45) is 8.90. The maximum Gasteiger partial charge on any atom is 0.211 e. The third-order valence-electron chi connectivity index (χ3n) is 3.15. The Labute approximate surface area is 132 Å². The number of carbonyl (C=O) groups is 1. The van der Waals surface area contributed by atoms with Gasteiger partial charge in [-0.25, -0.2) is 0 Å². The first kappa shape index (κ1) is 20.2. The van der Waals surface area contributed by atoms with Crippen molar-refractivity contribution >= 4 is 25.9 Å². The summed E-state index contributed by atoms with van der Waals surface area (Å²) < 4.78 is 6.02. The van der Waals surface area contributed by atoms with E-state index in [4.69, 9.17) is 4.43 Å². The molecule has 0 heterocycles. The van der Waals surface area contributed by atoms with Gasteiger partial charge in [0.1, 0.15) is 0 Å². The second-order valence-corrected chi connectivity index (χ2v) is 8.79. The van der Waals surface area contributed by atoms with Crippen LogP contribution < -0.4 is 0 Å². The molecule has 0 aromatic carbocycles. The predicted molar refractivity (Wildman–Crippen MR) is 92.7 cm³/mol. The van der Waals surface area contributed by atoms with E-state index < -0.39 is 9.04 Å². The van der Waals surface area contributed by atoms with Crippen molar-refractivity contribution in [3.05, 3.63) is 0 Å². The van der Waals surface area contributed by atoms with E-state index in [1.165, 1.54) is 49.5 Å². The van der Waals surface area contributed by atoms with E-state index in [2.05, 4.69) is 20.8 Å². The Morgan fingerprint density at radius 3 is 2.25 bits per heavy atom. The van der Waals surface area contributed by atoms with E-state index in [1.807, 2.05) is 0 Å². The van der Waals surface area contributed by atoms with Crippen LogP contribution in [0.25, 0.3) is 0 Å². The Bertz CT molecular complexity index is 219. The minimum Gasteiger partial charge on any atom is -0.417 e. The van der Waals surface area contributed by atoms with E-state index in [-0.39, 0.29) is 0 Å². The zero-order valence-corrected chi connectivity index (χ0v) is 15.5. The standard InChI is InChI=1S/C16H33O2SSi/c1-4-7-8-11-16(17)19-13-10-9-12-18-20(14-5-2)15-6-3/h4-15H2,1-3H3. The molecule has 1 radical (unpaired) electrons. The highest BCUT2D eigenvalue weighted by Gasteiger charge is 2.10. The summed E-state index contributed by atoms with van der Waals surface area (Å²) in [6, 6.07) is 2.56. The average Bonchev–Trinajstić information content (AvgIpc) is 2.43. The first-order valence-corrected chi connectivity index (χ1v) is 11.2. The number of rotatable bonds is 14. The average molecular weight is 318 g/mol. The quantitative estimate of drug-likeness (QED) is 0.315. The van der Waals surface area contributed by atoms with Gasteiger partial charge in [0.2, 0.25) is 9.04 Å². The molecule has 0 aliphatic rings. The van der Waals surface area contributed by atoms with Crippen LogP contribution in [0.4, 0.5) is 0 Å². The van der Waals surface area contributed by atoms with Crippen LogP contribution in [0.3, 0.4) is 0 Å². The van der Waals surface area contributed by atoms with E-state index in [0.717, 1.165) is 38.0 Å². The van der Waals surface area contributed by atoms with Crippen molar-refractivity contribution in [2.24, 2.45) is 0 Å². The molecule has 0 N–H and O–H groups in total. The molecule has 0 saturated carbocycles. The molecule has 0 amide bonds. The fourth-order valence-electron chi connectivity index (χ4n) is 2.03. The molecule has 2 nitrogen and oxygen atoms in total. The maximum absolute atomic E-state index is 11.6. The molecule has 4 heteroatoms. The highest BCUT2D eigenvalue weighted by Crippen LogP contribution is 2.13. The monoisotopic (exact) mass is 317 g/mol. The van der Waals surface area contributed by atoms with Crippen molar-refractivity contribution in [1.82, 2.24) is 0 Å². The van der Waals surface area contributed by atoms with Crippen molar-refractivity contribution in [3.8, 4) is 0 Å². The number of hydrogen-bond donors (Lipinski definition) is 0. The summed E-state index contributed by atoms with van der Waals surface area (Å²) in [7, 11) is -0.538. The maximum atomic E-state index is 11.6. The largest absolute Gasteiger partial charge is 0.417 e. The van der Waals surface area contributed by atoms with Gasteiger partial charge in [0.25, 0.3) is 0 Å². The molecule has 119 valence electrons. The van der Waals surface area contributed by atoms with Crippen LogP contribution >= 0.6 is 11.8 Å². The minimum absolute atomic E-state index is 0.376. The van der Waals surface area contributed by atoms with Gasteiger partial charge in [0, 0.05) is 18.8 Å². The van der Waals surface area contributed by atoms with Gasteiger partial charge >= 0.3 is 0 Å².